The van der Waals surface area contributed by atoms with Gasteiger partial charge in [0.2, 0.25) is 0 Å². The van der Waals surface area contributed by atoms with Crippen LogP contribution < -0.4 is 5.32 Å². The largest absolute Gasteiger partial charge is 0.379 e. The molecule has 0 radical (unpaired) electrons. The van der Waals surface area contributed by atoms with Gasteiger partial charge in [-0.25, -0.2) is 0 Å². The van der Waals surface area contributed by atoms with E-state index in [0.29, 0.717) is 18.1 Å². The highest BCUT2D eigenvalue weighted by molar-refractivity contribution is 7.12. The van der Waals surface area contributed by atoms with Crippen LogP contribution in [0.25, 0.3) is 0 Å². The second-order valence-corrected chi connectivity index (χ2v) is 10.6. The van der Waals surface area contributed by atoms with Gasteiger partial charge < -0.3 is 14.8 Å². The Morgan fingerprint density at radius 3 is 2.66 bits per heavy atom. The van der Waals surface area contributed by atoms with Crippen molar-refractivity contribution < 1.29 is 14.3 Å². The molecule has 1 aromatic heterocycles. The van der Waals surface area contributed by atoms with E-state index in [4.69, 9.17) is 9.47 Å². The van der Waals surface area contributed by atoms with Gasteiger partial charge in [-0.1, -0.05) is 6.92 Å². The fourth-order valence-corrected chi connectivity index (χ4v) is 7.26. The molecular weight excluding hydrogens is 384 g/mol. The first-order valence-corrected chi connectivity index (χ1v) is 12.3. The molecule has 2 saturated heterocycles. The van der Waals surface area contributed by atoms with Crippen molar-refractivity contribution in [2.24, 2.45) is 5.92 Å². The highest BCUT2D eigenvalue weighted by Crippen LogP contribution is 2.43. The molecule has 160 valence electrons. The monoisotopic (exact) mass is 418 g/mol. The topological polar surface area (TPSA) is 50.8 Å². The molecule has 1 amide bonds. The number of fused-ring (bicyclic) bond motifs is 1. The van der Waals surface area contributed by atoms with E-state index < -0.39 is 0 Å². The molecule has 3 aliphatic heterocycles. The average Bonchev–Trinajstić information content (AvgIpc) is 3.32. The predicted octanol–water partition coefficient (Wildman–Crippen LogP) is 3.49. The summed E-state index contributed by atoms with van der Waals surface area (Å²) in [4.78, 5) is 17.7. The van der Waals surface area contributed by atoms with Crippen LogP contribution in [0.15, 0.2) is 0 Å². The number of rotatable bonds is 5. The van der Waals surface area contributed by atoms with Crippen LogP contribution in [0.3, 0.4) is 0 Å². The van der Waals surface area contributed by atoms with E-state index in [9.17, 15) is 4.79 Å². The second-order valence-electron chi connectivity index (χ2n) is 9.45. The summed E-state index contributed by atoms with van der Waals surface area (Å²) >= 11 is 1.91. The lowest BCUT2D eigenvalue weighted by atomic mass is 9.76. The first-order valence-electron chi connectivity index (χ1n) is 11.5. The number of carbonyl (C=O) groups excluding carboxylic acids is 1. The Balaban J connectivity index is 1.13. The third-order valence-corrected chi connectivity index (χ3v) is 9.20. The molecule has 0 spiro atoms. The van der Waals surface area contributed by atoms with Crippen molar-refractivity contribution in [3.63, 3.8) is 0 Å². The molecule has 4 aliphatic rings. The molecular formula is C23H34N2O3S. The molecule has 3 fully saturated rings. The average molecular weight is 419 g/mol. The maximum Gasteiger partial charge on any atom is 0.252 e. The standard InChI is InChI=1S/C23H34N2O3S/c1-14(22-15(2)21-20(29-22)7-9-24-23(21)26)16-3-5-17(6-4-16)25-11-19(12-25)28-18-8-10-27-13-18/h14,16-19H,3-13H2,1-2H3,(H,24,26)/t14-,16?,17?,18+/m1/s1. The van der Waals surface area contributed by atoms with Crippen LogP contribution >= 0.6 is 11.3 Å². The molecule has 1 N–H and O–H groups in total. The minimum absolute atomic E-state index is 0.140. The Hall–Kier alpha value is -0.950. The lowest BCUT2D eigenvalue weighted by Crippen LogP contribution is -2.58. The number of nitrogens with one attached hydrogen (secondary N) is 1. The van der Waals surface area contributed by atoms with E-state index in [1.165, 1.54) is 41.0 Å². The number of thiophene rings is 1. The molecule has 4 heterocycles. The van der Waals surface area contributed by atoms with Crippen LogP contribution in [-0.4, -0.2) is 61.9 Å². The summed E-state index contributed by atoms with van der Waals surface area (Å²) < 4.78 is 11.6. The minimum Gasteiger partial charge on any atom is -0.379 e. The molecule has 29 heavy (non-hydrogen) atoms. The van der Waals surface area contributed by atoms with Gasteiger partial charge in [-0.3, -0.25) is 9.69 Å². The first kappa shape index (κ1) is 20.0. The quantitative estimate of drug-likeness (QED) is 0.795. The summed E-state index contributed by atoms with van der Waals surface area (Å²) in [5, 5.41) is 3.01. The number of carbonyl (C=O) groups is 1. The smallest absolute Gasteiger partial charge is 0.252 e. The maximum atomic E-state index is 12.3. The zero-order valence-corrected chi connectivity index (χ0v) is 18.6. The van der Waals surface area contributed by atoms with Crippen molar-refractivity contribution in [1.29, 1.82) is 0 Å². The van der Waals surface area contributed by atoms with Crippen molar-refractivity contribution in [1.82, 2.24) is 10.2 Å². The Morgan fingerprint density at radius 2 is 1.97 bits per heavy atom. The molecule has 2 atom stereocenters. The summed E-state index contributed by atoms with van der Waals surface area (Å²) in [5.74, 6) is 1.45. The summed E-state index contributed by atoms with van der Waals surface area (Å²) in [5.41, 5.74) is 2.23. The van der Waals surface area contributed by atoms with Crippen molar-refractivity contribution in [3.8, 4) is 0 Å². The summed E-state index contributed by atoms with van der Waals surface area (Å²) in [7, 11) is 0. The predicted molar refractivity (Wildman–Crippen MR) is 115 cm³/mol. The Kier molecular flexibility index (Phi) is 5.71. The zero-order valence-electron chi connectivity index (χ0n) is 17.7. The molecule has 5 nitrogen and oxygen atoms in total. The molecule has 0 bridgehead atoms. The van der Waals surface area contributed by atoms with E-state index in [2.05, 4.69) is 24.1 Å². The fourth-order valence-electron chi connectivity index (χ4n) is 5.81. The third-order valence-electron chi connectivity index (χ3n) is 7.65. The van der Waals surface area contributed by atoms with Crippen LogP contribution in [0.2, 0.25) is 0 Å². The summed E-state index contributed by atoms with van der Waals surface area (Å²) in [6.45, 7) is 9.20. The van der Waals surface area contributed by atoms with Gasteiger partial charge in [-0.05, 0) is 62.8 Å². The van der Waals surface area contributed by atoms with Gasteiger partial charge in [0.1, 0.15) is 0 Å². The van der Waals surface area contributed by atoms with Crippen LogP contribution in [-0.2, 0) is 15.9 Å². The lowest BCUT2D eigenvalue weighted by molar-refractivity contribution is -0.110. The molecule has 1 aliphatic carbocycles. The number of hydrogen-bond acceptors (Lipinski definition) is 5. The number of hydrogen-bond donors (Lipinski definition) is 1. The first-order chi connectivity index (χ1) is 14.1. The van der Waals surface area contributed by atoms with Gasteiger partial charge >= 0.3 is 0 Å². The number of likely N-dealkylation sites (tertiary alicyclic amines) is 1. The molecule has 0 aromatic carbocycles. The van der Waals surface area contributed by atoms with Crippen molar-refractivity contribution >= 4 is 17.2 Å². The maximum absolute atomic E-state index is 12.3. The zero-order chi connectivity index (χ0) is 20.0. The van der Waals surface area contributed by atoms with E-state index in [0.717, 1.165) is 63.2 Å². The summed E-state index contributed by atoms with van der Waals surface area (Å²) in [6, 6.07) is 0.738. The van der Waals surface area contributed by atoms with Gasteiger partial charge in [0.05, 0.1) is 24.4 Å². The second kappa shape index (κ2) is 8.29. The van der Waals surface area contributed by atoms with Gasteiger partial charge in [0.25, 0.3) is 5.91 Å². The highest BCUT2D eigenvalue weighted by atomic mass is 32.1. The Labute approximate surface area is 178 Å². The van der Waals surface area contributed by atoms with Crippen molar-refractivity contribution in [3.05, 3.63) is 20.9 Å². The lowest BCUT2D eigenvalue weighted by Gasteiger charge is -2.47. The SMILES string of the molecule is Cc1c([C@H](C)C2CCC(N3CC(O[C@H]4CCOC4)C3)CC2)sc2c1C(=O)NCC2. The fraction of sp³-hybridized carbons (Fsp3) is 0.783. The van der Waals surface area contributed by atoms with E-state index >= 15 is 0 Å². The van der Waals surface area contributed by atoms with E-state index in [1.54, 1.807) is 0 Å². The summed E-state index contributed by atoms with van der Waals surface area (Å²) in [6.07, 6.45) is 8.03. The van der Waals surface area contributed by atoms with Crippen LogP contribution in [0, 0.1) is 12.8 Å². The van der Waals surface area contributed by atoms with E-state index in [1.807, 2.05) is 11.3 Å². The third kappa shape index (κ3) is 3.89. The number of amides is 1. The van der Waals surface area contributed by atoms with Crippen LogP contribution in [0.4, 0.5) is 0 Å². The molecule has 5 rings (SSSR count). The number of nitrogens with zero attached hydrogens (tertiary/aromatic N) is 1. The normalized spacial score (nSPS) is 31.9. The number of ether oxygens (including phenoxy) is 2. The van der Waals surface area contributed by atoms with Gasteiger partial charge in [0, 0.05) is 42.0 Å². The van der Waals surface area contributed by atoms with Gasteiger partial charge in [0.15, 0.2) is 0 Å². The Bertz CT molecular complexity index is 744. The van der Waals surface area contributed by atoms with E-state index in [-0.39, 0.29) is 5.91 Å². The van der Waals surface area contributed by atoms with Crippen molar-refractivity contribution in [2.45, 2.75) is 76.5 Å². The minimum atomic E-state index is 0.140. The molecule has 6 heteroatoms. The van der Waals surface area contributed by atoms with Crippen LogP contribution in [0.1, 0.15) is 70.6 Å². The van der Waals surface area contributed by atoms with Crippen molar-refractivity contribution in [2.75, 3.05) is 32.8 Å². The molecule has 0 unspecified atom stereocenters. The highest BCUT2D eigenvalue weighted by Gasteiger charge is 2.38. The van der Waals surface area contributed by atoms with Gasteiger partial charge in [-0.2, -0.15) is 0 Å². The Morgan fingerprint density at radius 1 is 1.17 bits per heavy atom. The molecule has 1 saturated carbocycles. The van der Waals surface area contributed by atoms with Gasteiger partial charge in [-0.15, -0.1) is 11.3 Å². The molecule has 1 aromatic rings. The van der Waals surface area contributed by atoms with Crippen LogP contribution in [0.5, 0.6) is 0 Å².